The summed E-state index contributed by atoms with van der Waals surface area (Å²) in [5.41, 5.74) is 1.94. The molecule has 1 radical (unpaired) electrons. The second-order valence-electron chi connectivity index (χ2n) is 4.51. The van der Waals surface area contributed by atoms with E-state index in [9.17, 15) is 10.2 Å². The molecule has 0 saturated heterocycles. The number of hydrogen-bond acceptors (Lipinski definition) is 2. The minimum atomic E-state index is -0.607. The van der Waals surface area contributed by atoms with Gasteiger partial charge in [-0.25, -0.2) is 0 Å². The molecule has 0 heterocycles. The van der Waals surface area contributed by atoms with E-state index in [2.05, 4.69) is 0 Å². The van der Waals surface area contributed by atoms with Crippen molar-refractivity contribution in [2.45, 2.75) is 25.0 Å². The van der Waals surface area contributed by atoms with Crippen molar-refractivity contribution in [3.63, 3.8) is 0 Å². The molecular weight excluding hydrogens is 376 g/mol. The monoisotopic (exact) mass is 395 g/mol. The van der Waals surface area contributed by atoms with Crippen LogP contribution in [-0.4, -0.2) is 16.3 Å². The molecule has 101 valence electrons. The van der Waals surface area contributed by atoms with Crippen LogP contribution in [0, 0.1) is 49.4 Å². The van der Waals surface area contributed by atoms with Crippen molar-refractivity contribution < 1.29 is 59.6 Å². The van der Waals surface area contributed by atoms with Crippen molar-refractivity contribution in [3.8, 4) is 0 Å². The zero-order chi connectivity index (χ0) is 12.8. The summed E-state index contributed by atoms with van der Waals surface area (Å²) in [7, 11) is 0. The number of aliphatic hydroxyl groups excluding tert-OH is 2. The number of benzene rings is 2. The molecule has 0 saturated carbocycles. The summed E-state index contributed by atoms with van der Waals surface area (Å²) in [5.74, 6) is 0. The molecule has 2 N–H and O–H groups in total. The third-order valence-corrected chi connectivity index (χ3v) is 2.99. The molecular formula is C16H18EuO2. The molecule has 19 heavy (non-hydrogen) atoms. The van der Waals surface area contributed by atoms with E-state index in [0.29, 0.717) is 12.8 Å². The maximum Gasteiger partial charge on any atom is 0.0814 e. The summed E-state index contributed by atoms with van der Waals surface area (Å²) in [5, 5.41) is 20.0. The van der Waals surface area contributed by atoms with Gasteiger partial charge in [-0.3, -0.25) is 0 Å². The van der Waals surface area contributed by atoms with Crippen LogP contribution in [0.3, 0.4) is 0 Å². The Kier molecular flexibility index (Phi) is 8.04. The Bertz CT molecular complexity index is 459. The SMILES string of the molecule is OC(Cc1ccccc1)CC(O)c1ccccc1.[Eu]. The third kappa shape index (κ3) is 5.84. The summed E-state index contributed by atoms with van der Waals surface area (Å²) in [6.07, 6.45) is -0.198. The maximum atomic E-state index is 10.0. The van der Waals surface area contributed by atoms with Gasteiger partial charge in [-0.05, 0) is 17.5 Å². The van der Waals surface area contributed by atoms with Gasteiger partial charge in [0, 0.05) is 55.8 Å². The fraction of sp³-hybridized carbons (Fsp3) is 0.250. The van der Waals surface area contributed by atoms with Crippen LogP contribution in [0.15, 0.2) is 60.7 Å². The average molecular weight is 394 g/mol. The topological polar surface area (TPSA) is 40.5 Å². The summed E-state index contributed by atoms with van der Waals surface area (Å²) in [6, 6.07) is 19.3. The smallest absolute Gasteiger partial charge is 0.0814 e. The molecule has 2 nitrogen and oxygen atoms in total. The second kappa shape index (κ2) is 8.99. The first-order valence-electron chi connectivity index (χ1n) is 6.20. The van der Waals surface area contributed by atoms with E-state index in [0.717, 1.165) is 11.1 Å². The van der Waals surface area contributed by atoms with Gasteiger partial charge < -0.3 is 10.2 Å². The third-order valence-electron chi connectivity index (χ3n) is 2.99. The molecule has 0 aliphatic rings. The van der Waals surface area contributed by atoms with E-state index >= 15 is 0 Å². The van der Waals surface area contributed by atoms with Crippen molar-refractivity contribution in [1.82, 2.24) is 0 Å². The predicted molar refractivity (Wildman–Crippen MR) is 72.2 cm³/mol. The summed E-state index contributed by atoms with van der Waals surface area (Å²) in [4.78, 5) is 0. The Labute approximate surface area is 155 Å². The van der Waals surface area contributed by atoms with Gasteiger partial charge >= 0.3 is 0 Å². The predicted octanol–water partition coefficient (Wildman–Crippen LogP) is 2.71. The summed E-state index contributed by atoms with van der Waals surface area (Å²) in [6.45, 7) is 0. The zero-order valence-electron chi connectivity index (χ0n) is 10.6. The molecule has 2 rings (SSSR count). The van der Waals surface area contributed by atoms with Crippen LogP contribution in [0.1, 0.15) is 23.7 Å². The first-order chi connectivity index (χ1) is 8.75. The average Bonchev–Trinajstić information content (AvgIpc) is 2.40. The first kappa shape index (κ1) is 17.0. The molecule has 3 heteroatoms. The molecule has 0 spiro atoms. The number of rotatable bonds is 5. The van der Waals surface area contributed by atoms with Crippen molar-refractivity contribution in [2.75, 3.05) is 0 Å². The van der Waals surface area contributed by atoms with Crippen LogP contribution in [0.5, 0.6) is 0 Å². The zero-order valence-corrected chi connectivity index (χ0v) is 13.0. The molecule has 0 aliphatic carbocycles. The van der Waals surface area contributed by atoms with Gasteiger partial charge in [-0.2, -0.15) is 0 Å². The van der Waals surface area contributed by atoms with Crippen LogP contribution < -0.4 is 0 Å². The Balaban J connectivity index is 0.00000180. The fourth-order valence-electron chi connectivity index (χ4n) is 2.04. The van der Waals surface area contributed by atoms with Gasteiger partial charge in [-0.1, -0.05) is 60.7 Å². The minimum absolute atomic E-state index is 0. The summed E-state index contributed by atoms with van der Waals surface area (Å²) >= 11 is 0. The standard InChI is InChI=1S/C16H18O2.Eu/c17-15(11-13-7-3-1-4-8-13)12-16(18)14-9-5-2-6-10-14;/h1-10,15-18H,11-12H2;. The van der Waals surface area contributed by atoms with Crippen LogP contribution in [-0.2, 0) is 6.42 Å². The van der Waals surface area contributed by atoms with Gasteiger partial charge in [0.2, 0.25) is 0 Å². The molecule has 0 aromatic heterocycles. The molecule has 0 bridgehead atoms. The molecule has 2 unspecified atom stereocenters. The van der Waals surface area contributed by atoms with E-state index in [-0.39, 0.29) is 49.4 Å². The Hall–Kier alpha value is -0.0556. The quantitative estimate of drug-likeness (QED) is 0.819. The van der Waals surface area contributed by atoms with Gasteiger partial charge in [0.25, 0.3) is 0 Å². The van der Waals surface area contributed by atoms with E-state index < -0.39 is 12.2 Å². The maximum absolute atomic E-state index is 10.0. The second-order valence-corrected chi connectivity index (χ2v) is 4.51. The van der Waals surface area contributed by atoms with Crippen molar-refractivity contribution >= 4 is 0 Å². The number of hydrogen-bond donors (Lipinski definition) is 2. The van der Waals surface area contributed by atoms with E-state index in [1.807, 2.05) is 60.7 Å². The van der Waals surface area contributed by atoms with Crippen molar-refractivity contribution in [2.24, 2.45) is 0 Å². The normalized spacial score (nSPS) is 13.4. The van der Waals surface area contributed by atoms with E-state index in [4.69, 9.17) is 0 Å². The Morgan fingerprint density at radius 2 is 1.32 bits per heavy atom. The van der Waals surface area contributed by atoms with Crippen LogP contribution in [0.2, 0.25) is 0 Å². The molecule has 2 aromatic rings. The largest absolute Gasteiger partial charge is 0.393 e. The van der Waals surface area contributed by atoms with Gasteiger partial charge in [-0.15, -0.1) is 0 Å². The van der Waals surface area contributed by atoms with Gasteiger partial charge in [0.05, 0.1) is 12.2 Å². The van der Waals surface area contributed by atoms with Gasteiger partial charge in [0.15, 0.2) is 0 Å². The van der Waals surface area contributed by atoms with Crippen molar-refractivity contribution in [1.29, 1.82) is 0 Å². The minimum Gasteiger partial charge on any atom is -0.393 e. The molecule has 0 aliphatic heterocycles. The summed E-state index contributed by atoms with van der Waals surface area (Å²) < 4.78 is 0. The number of aliphatic hydroxyl groups is 2. The first-order valence-corrected chi connectivity index (χ1v) is 6.20. The van der Waals surface area contributed by atoms with E-state index in [1.165, 1.54) is 0 Å². The van der Waals surface area contributed by atoms with Gasteiger partial charge in [0.1, 0.15) is 0 Å². The molecule has 2 aromatic carbocycles. The fourth-order valence-corrected chi connectivity index (χ4v) is 2.04. The van der Waals surface area contributed by atoms with E-state index in [1.54, 1.807) is 0 Å². The van der Waals surface area contributed by atoms with Crippen LogP contribution in [0.4, 0.5) is 0 Å². The van der Waals surface area contributed by atoms with Crippen LogP contribution >= 0.6 is 0 Å². The Morgan fingerprint density at radius 3 is 1.89 bits per heavy atom. The van der Waals surface area contributed by atoms with Crippen molar-refractivity contribution in [3.05, 3.63) is 71.8 Å². The molecule has 0 amide bonds. The molecule has 0 fully saturated rings. The van der Waals surface area contributed by atoms with Crippen LogP contribution in [0.25, 0.3) is 0 Å². The Morgan fingerprint density at radius 1 is 0.789 bits per heavy atom. The molecule has 2 atom stereocenters.